The Hall–Kier alpha value is -1.03. The second-order valence-electron chi connectivity index (χ2n) is 4.38. The molecule has 0 saturated carbocycles. The van der Waals surface area contributed by atoms with Crippen LogP contribution in [0.25, 0.3) is 0 Å². The van der Waals surface area contributed by atoms with Gasteiger partial charge >= 0.3 is 0 Å². The quantitative estimate of drug-likeness (QED) is 0.822. The predicted octanol–water partition coefficient (Wildman–Crippen LogP) is 3.36. The number of halogens is 1. The lowest BCUT2D eigenvalue weighted by Gasteiger charge is -2.12. The van der Waals surface area contributed by atoms with Gasteiger partial charge in [0, 0.05) is 11.8 Å². The van der Waals surface area contributed by atoms with Gasteiger partial charge < -0.3 is 5.32 Å². The molecular formula is C14H20FNOS. The van der Waals surface area contributed by atoms with E-state index in [1.807, 2.05) is 6.92 Å². The first kappa shape index (κ1) is 15.0. The van der Waals surface area contributed by atoms with Gasteiger partial charge in [-0.2, -0.15) is 0 Å². The van der Waals surface area contributed by atoms with Crippen LogP contribution in [-0.2, 0) is 10.5 Å². The maximum atomic E-state index is 12.7. The molecule has 100 valence electrons. The summed E-state index contributed by atoms with van der Waals surface area (Å²) in [5, 5.41) is 2.96. The Kier molecular flexibility index (Phi) is 6.80. The van der Waals surface area contributed by atoms with E-state index in [2.05, 4.69) is 12.2 Å². The van der Waals surface area contributed by atoms with Crippen LogP contribution in [0, 0.1) is 5.82 Å². The Labute approximate surface area is 112 Å². The average Bonchev–Trinajstić information content (AvgIpc) is 2.32. The first-order valence-corrected chi connectivity index (χ1v) is 7.39. The van der Waals surface area contributed by atoms with E-state index in [1.165, 1.54) is 12.1 Å². The van der Waals surface area contributed by atoms with Crippen LogP contribution in [0.4, 0.5) is 4.39 Å². The highest BCUT2D eigenvalue weighted by atomic mass is 32.2. The number of hydrogen-bond acceptors (Lipinski definition) is 2. The molecule has 0 radical (unpaired) electrons. The molecule has 0 aliphatic rings. The van der Waals surface area contributed by atoms with Gasteiger partial charge in [0.05, 0.1) is 5.75 Å². The first-order valence-electron chi connectivity index (χ1n) is 6.23. The summed E-state index contributed by atoms with van der Waals surface area (Å²) < 4.78 is 12.7. The molecule has 0 saturated heterocycles. The zero-order chi connectivity index (χ0) is 13.4. The fraction of sp³-hybridized carbons (Fsp3) is 0.500. The molecular weight excluding hydrogens is 249 g/mol. The third-order valence-corrected chi connectivity index (χ3v) is 3.55. The van der Waals surface area contributed by atoms with Gasteiger partial charge in [-0.3, -0.25) is 4.79 Å². The molecule has 1 atom stereocenters. The molecule has 1 aromatic rings. The fourth-order valence-electron chi connectivity index (χ4n) is 1.66. The largest absolute Gasteiger partial charge is 0.353 e. The molecule has 0 fully saturated rings. The minimum absolute atomic E-state index is 0.0723. The van der Waals surface area contributed by atoms with Crippen LogP contribution in [-0.4, -0.2) is 17.7 Å². The number of benzene rings is 1. The normalized spacial score (nSPS) is 12.2. The molecule has 0 aromatic heterocycles. The standard InChI is InChI=1S/C14H20FNOS/c1-3-4-11(2)16-14(17)10-18-9-12-5-7-13(15)8-6-12/h5-8,11H,3-4,9-10H2,1-2H3,(H,16,17)/t11-/m1/s1. The minimum atomic E-state index is -0.227. The third kappa shape index (κ3) is 6.05. The van der Waals surface area contributed by atoms with Crippen molar-refractivity contribution in [2.45, 2.75) is 38.5 Å². The Morgan fingerprint density at radius 2 is 2.06 bits per heavy atom. The van der Waals surface area contributed by atoms with Gasteiger partial charge in [0.15, 0.2) is 0 Å². The minimum Gasteiger partial charge on any atom is -0.353 e. The summed E-state index contributed by atoms with van der Waals surface area (Å²) in [7, 11) is 0. The van der Waals surface area contributed by atoms with Crippen LogP contribution >= 0.6 is 11.8 Å². The maximum Gasteiger partial charge on any atom is 0.230 e. The zero-order valence-corrected chi connectivity index (χ0v) is 11.7. The molecule has 0 aliphatic carbocycles. The van der Waals surface area contributed by atoms with Gasteiger partial charge in [0.25, 0.3) is 0 Å². The molecule has 1 amide bonds. The summed E-state index contributed by atoms with van der Waals surface area (Å²) in [5.74, 6) is 1.03. The van der Waals surface area contributed by atoms with Crippen molar-refractivity contribution in [2.24, 2.45) is 0 Å². The van der Waals surface area contributed by atoms with Crippen LogP contribution in [0.1, 0.15) is 32.3 Å². The van der Waals surface area contributed by atoms with Crippen molar-refractivity contribution in [1.29, 1.82) is 0 Å². The number of hydrogen-bond donors (Lipinski definition) is 1. The fourth-order valence-corrected chi connectivity index (χ4v) is 2.46. The van der Waals surface area contributed by atoms with E-state index in [-0.39, 0.29) is 17.8 Å². The lowest BCUT2D eigenvalue weighted by atomic mass is 10.2. The first-order chi connectivity index (χ1) is 8.61. The molecule has 0 aliphatic heterocycles. The summed E-state index contributed by atoms with van der Waals surface area (Å²) in [6.07, 6.45) is 2.08. The molecule has 0 heterocycles. The summed E-state index contributed by atoms with van der Waals surface area (Å²) in [6.45, 7) is 4.12. The maximum absolute atomic E-state index is 12.7. The zero-order valence-electron chi connectivity index (χ0n) is 10.9. The summed E-state index contributed by atoms with van der Waals surface area (Å²) >= 11 is 1.55. The van der Waals surface area contributed by atoms with Crippen molar-refractivity contribution >= 4 is 17.7 Å². The molecule has 0 spiro atoms. The van der Waals surface area contributed by atoms with Crippen molar-refractivity contribution in [2.75, 3.05) is 5.75 Å². The highest BCUT2D eigenvalue weighted by Gasteiger charge is 2.06. The van der Waals surface area contributed by atoms with E-state index in [9.17, 15) is 9.18 Å². The SMILES string of the molecule is CCC[C@@H](C)NC(=O)CSCc1ccc(F)cc1. The molecule has 1 rings (SSSR count). The summed E-state index contributed by atoms with van der Waals surface area (Å²) in [5.41, 5.74) is 1.04. The Balaban J connectivity index is 2.21. The number of nitrogens with one attached hydrogen (secondary N) is 1. The third-order valence-electron chi connectivity index (χ3n) is 2.54. The topological polar surface area (TPSA) is 29.1 Å². The Morgan fingerprint density at radius 1 is 1.39 bits per heavy atom. The summed E-state index contributed by atoms with van der Waals surface area (Å²) in [4.78, 5) is 11.6. The van der Waals surface area contributed by atoms with E-state index in [4.69, 9.17) is 0 Å². The van der Waals surface area contributed by atoms with Crippen LogP contribution < -0.4 is 5.32 Å². The van der Waals surface area contributed by atoms with E-state index < -0.39 is 0 Å². The molecule has 4 heteroatoms. The van der Waals surface area contributed by atoms with E-state index in [0.29, 0.717) is 5.75 Å². The van der Waals surface area contributed by atoms with Gasteiger partial charge in [-0.05, 0) is 31.0 Å². The molecule has 0 unspecified atom stereocenters. The molecule has 1 aromatic carbocycles. The van der Waals surface area contributed by atoms with E-state index >= 15 is 0 Å². The Bertz CT molecular complexity index is 367. The van der Waals surface area contributed by atoms with Gasteiger partial charge in [-0.1, -0.05) is 25.5 Å². The molecule has 0 bridgehead atoms. The number of carbonyl (C=O) groups excluding carboxylic acids is 1. The summed E-state index contributed by atoms with van der Waals surface area (Å²) in [6, 6.07) is 6.63. The second-order valence-corrected chi connectivity index (χ2v) is 5.36. The smallest absolute Gasteiger partial charge is 0.230 e. The van der Waals surface area contributed by atoms with Gasteiger partial charge in [0.1, 0.15) is 5.82 Å². The lowest BCUT2D eigenvalue weighted by Crippen LogP contribution is -2.33. The predicted molar refractivity (Wildman–Crippen MR) is 75.1 cm³/mol. The lowest BCUT2D eigenvalue weighted by molar-refractivity contribution is -0.119. The van der Waals surface area contributed by atoms with Crippen molar-refractivity contribution in [3.05, 3.63) is 35.6 Å². The van der Waals surface area contributed by atoms with Crippen molar-refractivity contribution < 1.29 is 9.18 Å². The highest BCUT2D eigenvalue weighted by Crippen LogP contribution is 2.12. The van der Waals surface area contributed by atoms with E-state index in [1.54, 1.807) is 23.9 Å². The Morgan fingerprint density at radius 3 is 2.67 bits per heavy atom. The van der Waals surface area contributed by atoms with Gasteiger partial charge in [-0.15, -0.1) is 11.8 Å². The van der Waals surface area contributed by atoms with Crippen molar-refractivity contribution in [3.8, 4) is 0 Å². The van der Waals surface area contributed by atoms with Crippen molar-refractivity contribution in [3.63, 3.8) is 0 Å². The number of amides is 1. The number of thioether (sulfide) groups is 1. The highest BCUT2D eigenvalue weighted by molar-refractivity contribution is 7.99. The van der Waals surface area contributed by atoms with Crippen LogP contribution in [0.15, 0.2) is 24.3 Å². The van der Waals surface area contributed by atoms with Crippen LogP contribution in [0.2, 0.25) is 0 Å². The van der Waals surface area contributed by atoms with Gasteiger partial charge in [-0.25, -0.2) is 4.39 Å². The van der Waals surface area contributed by atoms with Crippen molar-refractivity contribution in [1.82, 2.24) is 5.32 Å². The molecule has 2 nitrogen and oxygen atoms in total. The van der Waals surface area contributed by atoms with Crippen LogP contribution in [0.3, 0.4) is 0 Å². The molecule has 1 N–H and O–H groups in total. The average molecular weight is 269 g/mol. The monoisotopic (exact) mass is 269 g/mol. The molecule has 18 heavy (non-hydrogen) atoms. The number of rotatable bonds is 7. The number of carbonyl (C=O) groups is 1. The van der Waals surface area contributed by atoms with Gasteiger partial charge in [0.2, 0.25) is 5.91 Å². The second kappa shape index (κ2) is 8.14. The van der Waals surface area contributed by atoms with E-state index in [0.717, 1.165) is 24.2 Å². The van der Waals surface area contributed by atoms with Crippen LogP contribution in [0.5, 0.6) is 0 Å².